The monoisotopic (exact) mass is 612 g/mol. The summed E-state index contributed by atoms with van der Waals surface area (Å²) in [7, 11) is 0. The van der Waals surface area contributed by atoms with Crippen LogP contribution in [0.5, 0.6) is 5.75 Å². The van der Waals surface area contributed by atoms with Crippen LogP contribution in [0, 0.1) is 34.8 Å². The lowest BCUT2D eigenvalue weighted by atomic mass is 9.64. The Morgan fingerprint density at radius 2 is 1.93 bits per heavy atom. The highest BCUT2D eigenvalue weighted by molar-refractivity contribution is 5.99. The van der Waals surface area contributed by atoms with Gasteiger partial charge < -0.3 is 20.1 Å². The Morgan fingerprint density at radius 1 is 1.23 bits per heavy atom. The molecule has 0 spiro atoms. The Labute approximate surface area is 258 Å². The van der Waals surface area contributed by atoms with Gasteiger partial charge in [-0.1, -0.05) is 32.8 Å². The normalized spacial score (nSPS) is 23.5. The number of ether oxygens (including phenoxy) is 1. The number of benzene rings is 1. The zero-order valence-corrected chi connectivity index (χ0v) is 26.3. The minimum absolute atomic E-state index is 0.0782. The number of carbonyl (C=O) groups is 2. The van der Waals surface area contributed by atoms with Gasteiger partial charge >= 0.3 is 0 Å². The van der Waals surface area contributed by atoms with Gasteiger partial charge in [0.1, 0.15) is 11.8 Å². The van der Waals surface area contributed by atoms with Gasteiger partial charge in [0.2, 0.25) is 5.91 Å². The molecule has 2 N–H and O–H groups in total. The Bertz CT molecular complexity index is 1360. The average Bonchev–Trinajstić information content (AvgIpc) is 3.74. The predicted octanol–water partition coefficient (Wildman–Crippen LogP) is 6.46. The first-order chi connectivity index (χ1) is 20.9. The number of carbonyl (C=O) groups excluding carboxylic acids is 2. The van der Waals surface area contributed by atoms with Crippen LogP contribution in [0.1, 0.15) is 85.5 Å². The molecular weight excluding hydrogens is 566 g/mol. The van der Waals surface area contributed by atoms with E-state index in [-0.39, 0.29) is 30.7 Å². The summed E-state index contributed by atoms with van der Waals surface area (Å²) in [4.78, 5) is 28.8. The van der Waals surface area contributed by atoms with Gasteiger partial charge in [0.25, 0.3) is 5.91 Å². The Balaban J connectivity index is 1.38. The third kappa shape index (κ3) is 7.16. The van der Waals surface area contributed by atoms with Crippen molar-refractivity contribution in [2.24, 2.45) is 23.2 Å². The van der Waals surface area contributed by atoms with E-state index in [2.05, 4.69) is 24.3 Å². The lowest BCUT2D eigenvalue weighted by Gasteiger charge is -2.42. The Kier molecular flexibility index (Phi) is 9.49. The first-order valence-electron chi connectivity index (χ1n) is 16.1. The maximum Gasteiger partial charge on any atom is 0.251 e. The van der Waals surface area contributed by atoms with E-state index in [1.165, 1.54) is 49.1 Å². The number of fused-ring (bicyclic) bond motifs is 2. The topological polar surface area (TPSA) is 96.7 Å². The van der Waals surface area contributed by atoms with E-state index >= 15 is 0 Å². The fraction of sp³-hybridized carbons (Fsp3) is 0.618. The van der Waals surface area contributed by atoms with Gasteiger partial charge in [-0.05, 0) is 94.1 Å². The number of para-hydroxylation sites is 1. The van der Waals surface area contributed by atoms with Crippen molar-refractivity contribution in [1.82, 2.24) is 14.7 Å². The van der Waals surface area contributed by atoms with E-state index in [4.69, 9.17) is 4.74 Å². The maximum absolute atomic E-state index is 14.3. The number of unbranched alkanes of at least 4 members (excludes halogenated alkanes) is 1. The zero-order valence-electron chi connectivity index (χ0n) is 26.3. The molecule has 44 heavy (non-hydrogen) atoms. The molecule has 2 heterocycles. The van der Waals surface area contributed by atoms with E-state index in [9.17, 15) is 23.5 Å². The molecule has 3 atom stereocenters. The third-order valence-electron chi connectivity index (χ3n) is 9.90. The average molecular weight is 613 g/mol. The molecule has 1 aromatic heterocycles. The van der Waals surface area contributed by atoms with Crippen LogP contribution in [0.2, 0.25) is 0 Å². The van der Waals surface area contributed by atoms with E-state index in [1.807, 2.05) is 0 Å². The van der Waals surface area contributed by atoms with E-state index in [1.54, 1.807) is 30.8 Å². The second kappa shape index (κ2) is 13.0. The van der Waals surface area contributed by atoms with E-state index < -0.39 is 34.9 Å². The first-order valence-corrected chi connectivity index (χ1v) is 16.1. The molecule has 2 fully saturated rings. The number of nitrogens with zero attached hydrogens (tertiary/aromatic N) is 3. The molecule has 2 aliphatic carbocycles. The molecule has 3 unspecified atom stereocenters. The quantitative estimate of drug-likeness (QED) is 0.255. The van der Waals surface area contributed by atoms with Crippen molar-refractivity contribution in [3.8, 4) is 5.75 Å². The number of rotatable bonds is 14. The SMILES string of the molecule is CCCCC(C(C)CC(C(=O)Nc1ccn(CC(C)(C)O)n1)N1CC(Oc2c(F)cccc2F)=CC1=O)C12CCC(CC1)C2. The molecule has 1 aliphatic heterocycles. The number of nitrogens with one attached hydrogen (secondary N) is 1. The lowest BCUT2D eigenvalue weighted by Crippen LogP contribution is -2.47. The van der Waals surface area contributed by atoms with E-state index in [0.717, 1.165) is 37.3 Å². The summed E-state index contributed by atoms with van der Waals surface area (Å²) in [5, 5.41) is 17.5. The number of anilines is 1. The molecule has 5 rings (SSSR count). The van der Waals surface area contributed by atoms with Crippen LogP contribution < -0.4 is 10.1 Å². The second-order valence-corrected chi connectivity index (χ2v) is 13.9. The van der Waals surface area contributed by atoms with Gasteiger partial charge in [-0.3, -0.25) is 14.3 Å². The highest BCUT2D eigenvalue weighted by atomic mass is 19.1. The second-order valence-electron chi connectivity index (χ2n) is 13.9. The molecule has 2 saturated carbocycles. The highest BCUT2D eigenvalue weighted by Crippen LogP contribution is 2.61. The fourth-order valence-electron chi connectivity index (χ4n) is 7.94. The first kappa shape index (κ1) is 32.1. The van der Waals surface area contributed by atoms with Crippen molar-refractivity contribution >= 4 is 17.6 Å². The molecule has 2 amide bonds. The van der Waals surface area contributed by atoms with Crippen LogP contribution in [-0.2, 0) is 16.1 Å². The van der Waals surface area contributed by atoms with Crippen molar-refractivity contribution < 1.29 is 28.2 Å². The van der Waals surface area contributed by atoms with Crippen molar-refractivity contribution in [3.63, 3.8) is 0 Å². The van der Waals surface area contributed by atoms with Gasteiger partial charge in [0, 0.05) is 18.3 Å². The molecule has 0 saturated heterocycles. The summed E-state index contributed by atoms with van der Waals surface area (Å²) >= 11 is 0. The maximum atomic E-state index is 14.3. The molecule has 2 aromatic rings. The molecule has 10 heteroatoms. The largest absolute Gasteiger partial charge is 0.453 e. The number of hydrogen-bond donors (Lipinski definition) is 2. The summed E-state index contributed by atoms with van der Waals surface area (Å²) in [5.41, 5.74) is -0.695. The van der Waals surface area contributed by atoms with E-state index in [0.29, 0.717) is 23.6 Å². The van der Waals surface area contributed by atoms with Crippen LogP contribution >= 0.6 is 0 Å². The fourth-order valence-corrected chi connectivity index (χ4v) is 7.94. The number of aromatic nitrogens is 2. The van der Waals surface area contributed by atoms with Gasteiger partial charge in [0.05, 0.1) is 18.7 Å². The minimum Gasteiger partial charge on any atom is -0.453 e. The van der Waals surface area contributed by atoms with Crippen molar-refractivity contribution in [1.29, 1.82) is 0 Å². The number of halogens is 2. The van der Waals surface area contributed by atoms with Gasteiger partial charge in [-0.15, -0.1) is 0 Å². The number of amides is 2. The molecule has 1 aromatic carbocycles. The van der Waals surface area contributed by atoms with Crippen LogP contribution in [0.3, 0.4) is 0 Å². The van der Waals surface area contributed by atoms with Crippen LogP contribution in [0.4, 0.5) is 14.6 Å². The summed E-state index contributed by atoms with van der Waals surface area (Å²) in [6.45, 7) is 7.92. The van der Waals surface area contributed by atoms with Crippen LogP contribution in [0.15, 0.2) is 42.3 Å². The highest BCUT2D eigenvalue weighted by Gasteiger charge is 2.51. The summed E-state index contributed by atoms with van der Waals surface area (Å²) in [6, 6.07) is 4.24. The lowest BCUT2D eigenvalue weighted by molar-refractivity contribution is -0.134. The van der Waals surface area contributed by atoms with Crippen LogP contribution in [-0.4, -0.2) is 49.8 Å². The molecule has 2 bridgehead atoms. The zero-order chi connectivity index (χ0) is 31.6. The summed E-state index contributed by atoms with van der Waals surface area (Å²) in [6.07, 6.45) is 12.9. The molecule has 0 radical (unpaired) electrons. The van der Waals surface area contributed by atoms with Crippen molar-refractivity contribution in [2.45, 2.75) is 104 Å². The molecule has 3 aliphatic rings. The summed E-state index contributed by atoms with van der Waals surface area (Å²) < 4.78 is 35.8. The van der Waals surface area contributed by atoms with Gasteiger partial charge in [0.15, 0.2) is 23.2 Å². The van der Waals surface area contributed by atoms with Crippen molar-refractivity contribution in [3.05, 3.63) is 53.9 Å². The van der Waals surface area contributed by atoms with Gasteiger partial charge in [-0.25, -0.2) is 8.78 Å². The molecular formula is C34H46F2N4O4. The van der Waals surface area contributed by atoms with Crippen LogP contribution in [0.25, 0.3) is 0 Å². The smallest absolute Gasteiger partial charge is 0.251 e. The predicted molar refractivity (Wildman–Crippen MR) is 164 cm³/mol. The van der Waals surface area contributed by atoms with Crippen molar-refractivity contribution in [2.75, 3.05) is 11.9 Å². The standard InChI is InChI=1S/C34H46F2N4O4/c1-5-6-8-25(34-14-11-23(19-34)12-15-34)22(2)17-28(32(42)37-29-13-16-39(38-29)21-33(3,4)43)40-20-24(18-30(40)41)44-31-26(35)9-7-10-27(31)36/h7,9-10,13,16,18,22-23,25,28,43H,5-6,8,11-12,14-15,17,19-21H2,1-4H3,(H,37,38,42). The minimum atomic E-state index is -0.987. The van der Waals surface area contributed by atoms with Gasteiger partial charge in [-0.2, -0.15) is 5.10 Å². The Morgan fingerprint density at radius 3 is 2.55 bits per heavy atom. The molecule has 8 nitrogen and oxygen atoms in total. The third-order valence-corrected chi connectivity index (χ3v) is 9.90. The number of aliphatic hydroxyl groups is 1. The number of hydrogen-bond acceptors (Lipinski definition) is 5. The Hall–Kier alpha value is -3.27. The summed E-state index contributed by atoms with van der Waals surface area (Å²) in [5.74, 6) is -1.35. The molecule has 240 valence electrons.